The van der Waals surface area contributed by atoms with Gasteiger partial charge in [0.1, 0.15) is 17.2 Å². The Kier molecular flexibility index (Phi) is 37.7. The van der Waals surface area contributed by atoms with E-state index < -0.39 is 139 Å². The van der Waals surface area contributed by atoms with Crippen LogP contribution in [0.2, 0.25) is 0 Å². The zero-order chi connectivity index (χ0) is 105. The molecule has 7 aromatic heterocycles. The summed E-state index contributed by atoms with van der Waals surface area (Å²) < 4.78 is 194. The molecule has 59 heteroatoms. The van der Waals surface area contributed by atoms with E-state index >= 15 is 0 Å². The van der Waals surface area contributed by atoms with Crippen LogP contribution in [0, 0.1) is 0 Å². The summed E-state index contributed by atoms with van der Waals surface area (Å²) in [4.78, 5) is 99.2. The van der Waals surface area contributed by atoms with Crippen LogP contribution in [0.25, 0.3) is 44.5 Å². The van der Waals surface area contributed by atoms with Crippen molar-refractivity contribution in [2.24, 2.45) is 36.6 Å². The quantitative estimate of drug-likeness (QED) is 0.0299. The summed E-state index contributed by atoms with van der Waals surface area (Å²) in [5, 5.41) is 90.2. The number of benzene rings is 4. The fourth-order valence-corrected chi connectivity index (χ4v) is 21.0. The predicted octanol–water partition coefficient (Wildman–Crippen LogP) is -0.292. The molecular formula is C83H101ClN20O30S8. The molecule has 0 spiro atoms. The van der Waals surface area contributed by atoms with Crippen molar-refractivity contribution in [3.63, 3.8) is 0 Å². The van der Waals surface area contributed by atoms with Crippen molar-refractivity contribution in [3.05, 3.63) is 246 Å². The van der Waals surface area contributed by atoms with Crippen molar-refractivity contribution in [3.8, 4) is 44.5 Å². The summed E-state index contributed by atoms with van der Waals surface area (Å²) in [5.74, 6) is -7.98. The number of carboxylic acid groups (broad SMARTS) is 6. The maximum absolute atomic E-state index is 12.3. The Bertz CT molecular complexity index is 7500. The highest BCUT2D eigenvalue weighted by Gasteiger charge is 2.35. The number of aromatic carboxylic acids is 6. The Morgan fingerprint density at radius 1 is 0.408 bits per heavy atom. The number of anilines is 3. The standard InChI is InChI=1S/C17H15N3O6S2.C16H19N3O4S.C14H17N3O6S2.C13H20N4O5S.C12H12N4O5S.C11H17N3O4S.ClH/c18-28(25,26)20-11-10-15(16(20)17(21)22)12-6-8-13(9-7-12)19-27(23,24)14-4-2-1-3-5-14;17-24(22,23)19-9-6-14(15(19)16(20)21)13-3-1-2-12(10-13)11-4-7-18-8-5-11;1-9(2)24(20,21)16-11-5-3-10(4-6-11)12-7-8-17(25(15,22)23)13(12)14(18)19;14-5-1-11(18)16-6-2-9(3-7-16)10-4-8-17(23(15,21)22)12(10)13(19)20;1-7(17)15-10-3-2-8(6-14-10)9-4-5-16(22(13,20)21)11(9)12(18)19;1-13-5-2-8(3-6-13)9-4-7-14(19(12,17)18)10(9)11(15)16;/h1-11,19H,(H,21,22)(H2,18,25,26);1-3,6,9-11,18H,4-5,7-8H2,(H,20,21)(H2,17,22,23);3-9,16H,1-2H3,(H,18,19)(H2,15,22,23);4,8-9H,1-3,5-7,14H2,(H,19,20)(H2,15,21,22);2-6H,1H3,(H,18,19)(H2,13,20,21)(H,14,15,17);4,7-8H,2-3,5-6H2,1H3,(H,15,16)(H2,12,17,18);1H. The van der Waals surface area contributed by atoms with E-state index in [0.717, 1.165) is 82.2 Å². The van der Waals surface area contributed by atoms with Gasteiger partial charge in [0.25, 0.3) is 10.0 Å². The molecule has 0 saturated carbocycles. The summed E-state index contributed by atoms with van der Waals surface area (Å²) in [7, 11) is -30.5. The van der Waals surface area contributed by atoms with Gasteiger partial charge in [-0.2, -0.15) is 50.5 Å². The van der Waals surface area contributed by atoms with Crippen molar-refractivity contribution in [2.45, 2.75) is 93.6 Å². The number of pyridine rings is 1. The minimum absolute atomic E-state index is 0. The van der Waals surface area contributed by atoms with E-state index in [1.807, 2.05) is 25.2 Å². The van der Waals surface area contributed by atoms with E-state index in [4.69, 9.17) is 36.6 Å². The van der Waals surface area contributed by atoms with Crippen molar-refractivity contribution in [2.75, 3.05) is 67.6 Å². The molecule has 0 unspecified atom stereocenters. The topological polar surface area (TPSA) is 815 Å². The van der Waals surface area contributed by atoms with Crippen LogP contribution in [-0.2, 0) is 90.9 Å². The number of carbonyl (C=O) groups excluding carboxylic acids is 2. The molecule has 10 heterocycles. The zero-order valence-electron chi connectivity index (χ0n) is 75.5. The largest absolute Gasteiger partial charge is 1.00 e. The van der Waals surface area contributed by atoms with Gasteiger partial charge in [-0.15, -0.1) is 0 Å². The number of sulfonamides is 2. The van der Waals surface area contributed by atoms with Gasteiger partial charge in [0.15, 0.2) is 22.8 Å². The van der Waals surface area contributed by atoms with Crippen molar-refractivity contribution in [1.29, 1.82) is 0 Å². The lowest BCUT2D eigenvalue weighted by molar-refractivity contribution is -0.663. The van der Waals surface area contributed by atoms with Crippen molar-refractivity contribution >= 4 is 146 Å². The smallest absolute Gasteiger partial charge is 0.354 e. The molecule has 3 fully saturated rings. The monoisotopic (exact) mass is 2150 g/mol. The summed E-state index contributed by atoms with van der Waals surface area (Å²) in [5.41, 5.74) is 8.22. The summed E-state index contributed by atoms with van der Waals surface area (Å²) in [6.45, 7) is 9.55. The van der Waals surface area contributed by atoms with Gasteiger partial charge < -0.3 is 69.2 Å². The highest BCUT2D eigenvalue weighted by molar-refractivity contribution is 7.93. The first-order chi connectivity index (χ1) is 65.7. The first kappa shape index (κ1) is 114. The predicted molar refractivity (Wildman–Crippen MR) is 513 cm³/mol. The van der Waals surface area contributed by atoms with Crippen LogP contribution in [-0.4, -0.2) is 242 Å². The SMILES string of the molecule is CC(=O)Nc1ccc(-c2ccn(S(N)(=O)=O)c2C(=O)O)cn1.CC(C)S(=O)(=O)Nc1ccc(-c2ccn(S(N)(=O)=O)c2C(=O)O)cc1.CN1CCC(c2ccn(S(N)(=O)=O)c2C(=O)O)CC1.NCCC(=O)N1CCC(c2ccn(S(N)(=O)=O)c2C(=O)O)CC1.NS(=O)(=O)n1ccc(-c2ccc(NS(=O)(=O)c3ccccc3)cc2)c1C(=O)O.NS(=O)(=O)n1ccc(-c2cccc(C3CC[NH2+]CC3)c2)c1C(=O)O.[Cl-]. The number of piperidine rings is 3. The van der Waals surface area contributed by atoms with Crippen LogP contribution in [0.5, 0.6) is 0 Å². The van der Waals surface area contributed by atoms with Gasteiger partial charge in [0.2, 0.25) is 21.8 Å². The molecule has 0 bridgehead atoms. The number of hydrogen-bond donors (Lipinski definition) is 17. The summed E-state index contributed by atoms with van der Waals surface area (Å²) in [6.07, 6.45) is 13.2. The lowest BCUT2D eigenvalue weighted by atomic mass is 9.88. The van der Waals surface area contributed by atoms with Crippen LogP contribution in [0.1, 0.15) is 163 Å². The highest BCUT2D eigenvalue weighted by Crippen LogP contribution is 2.37. The Morgan fingerprint density at radius 3 is 1.10 bits per heavy atom. The second-order valence-corrected chi connectivity index (χ2v) is 44.3. The van der Waals surface area contributed by atoms with Gasteiger partial charge in [-0.3, -0.25) is 19.0 Å². The molecule has 142 heavy (non-hydrogen) atoms. The average molecular weight is 2150 g/mol. The number of rotatable bonds is 28. The third-order valence-electron chi connectivity index (χ3n) is 21.9. The normalized spacial score (nSPS) is 14.2. The molecule has 11 aromatic rings. The molecule has 3 saturated heterocycles. The second-order valence-electron chi connectivity index (χ2n) is 31.8. The summed E-state index contributed by atoms with van der Waals surface area (Å²) in [6, 6.07) is 38.5. The Balaban J connectivity index is 0.000000209. The number of carbonyl (C=O) groups is 8. The van der Waals surface area contributed by atoms with Crippen LogP contribution < -0.4 is 69.1 Å². The first-order valence-corrected chi connectivity index (χ1v) is 53.7. The number of likely N-dealkylation sites (tertiary alicyclic amines) is 2. The van der Waals surface area contributed by atoms with E-state index in [2.05, 4.69) is 30.0 Å². The highest BCUT2D eigenvalue weighted by atomic mass is 35.5. The van der Waals surface area contributed by atoms with Gasteiger partial charge in [-0.05, 0) is 196 Å². The minimum atomic E-state index is -4.28. The van der Waals surface area contributed by atoms with Crippen LogP contribution >= 0.6 is 0 Å². The van der Waals surface area contributed by atoms with E-state index in [9.17, 15) is 136 Å². The molecular weight excluding hydrogens is 2050 g/mol. The Morgan fingerprint density at radius 2 is 0.754 bits per heavy atom. The first-order valence-electron chi connectivity index (χ1n) is 41.7. The molecule has 4 aromatic carbocycles. The number of hydrogen-bond acceptors (Lipinski definition) is 27. The number of quaternary nitrogens is 1. The minimum Gasteiger partial charge on any atom is -1.00 e. The molecule has 25 N–H and O–H groups in total. The van der Waals surface area contributed by atoms with E-state index in [0.29, 0.717) is 113 Å². The average Bonchev–Trinajstić information content (AvgIpc) is 1.44. The van der Waals surface area contributed by atoms with E-state index in [-0.39, 0.29) is 86.8 Å². The van der Waals surface area contributed by atoms with E-state index in [1.54, 1.807) is 35.2 Å². The molecule has 0 aliphatic carbocycles. The number of aromatic nitrogens is 7. The van der Waals surface area contributed by atoms with Crippen molar-refractivity contribution in [1.82, 2.24) is 38.6 Å². The van der Waals surface area contributed by atoms with Gasteiger partial charge in [-0.1, -0.05) is 66.7 Å². The van der Waals surface area contributed by atoms with Crippen molar-refractivity contribution < 1.29 is 154 Å². The van der Waals surface area contributed by atoms with Crippen LogP contribution in [0.3, 0.4) is 0 Å². The molecule has 3 aliphatic rings. The molecule has 0 radical (unpaired) electrons. The van der Waals surface area contributed by atoms with Gasteiger partial charge in [0, 0.05) is 128 Å². The van der Waals surface area contributed by atoms with Gasteiger partial charge in [-0.25, -0.2) is 105 Å². The van der Waals surface area contributed by atoms with Crippen LogP contribution in [0.15, 0.2) is 200 Å². The maximum atomic E-state index is 12.3. The Labute approximate surface area is 821 Å². The van der Waals surface area contributed by atoms with Gasteiger partial charge in [0.05, 0.1) is 23.2 Å². The maximum Gasteiger partial charge on any atom is 0.354 e. The molecule has 2 amide bonds. The molecule has 50 nitrogen and oxygen atoms in total. The molecule has 768 valence electrons. The number of carboxylic acids is 6. The lowest BCUT2D eigenvalue weighted by Gasteiger charge is -2.32. The number of nitrogens with two attached hydrogens (primary N) is 8. The molecule has 3 aliphatic heterocycles. The third-order valence-corrected chi connectivity index (χ3v) is 30.2. The number of nitrogens with one attached hydrogen (secondary N) is 3. The lowest BCUT2D eigenvalue weighted by Crippen LogP contribution is -3.00. The Hall–Kier alpha value is -13.4. The number of amides is 2. The second kappa shape index (κ2) is 47.0. The number of halogens is 1. The molecule has 0 atom stereocenters. The third kappa shape index (κ3) is 29.2. The summed E-state index contributed by atoms with van der Waals surface area (Å²) >= 11 is 0. The van der Waals surface area contributed by atoms with Crippen LogP contribution in [0.4, 0.5) is 17.2 Å². The fraction of sp³-hybridized carbons (Fsp3) is 0.265. The fourth-order valence-electron chi connectivity index (χ4n) is 15.3. The van der Waals surface area contributed by atoms with Gasteiger partial charge >= 0.3 is 97.1 Å². The number of nitrogens with zero attached hydrogens (tertiary/aromatic N) is 9. The zero-order valence-corrected chi connectivity index (χ0v) is 82.7. The molecule has 14 rings (SSSR count). The van der Waals surface area contributed by atoms with E-state index in [1.165, 1.54) is 142 Å².